The minimum atomic E-state index is -0.0665. The highest BCUT2D eigenvalue weighted by molar-refractivity contribution is 6.18. The molecule has 0 atom stereocenters. The smallest absolute Gasteiger partial charge is 0.159 e. The van der Waals surface area contributed by atoms with Gasteiger partial charge in [-0.05, 0) is 98.9 Å². The van der Waals surface area contributed by atoms with Gasteiger partial charge >= 0.3 is 0 Å². The van der Waals surface area contributed by atoms with E-state index in [2.05, 4.69) is 195 Å². The highest BCUT2D eigenvalue weighted by Gasteiger charge is 2.35. The van der Waals surface area contributed by atoms with E-state index >= 15 is 0 Å². The Morgan fingerprint density at radius 1 is 0.379 bits per heavy atom. The van der Waals surface area contributed by atoms with E-state index in [0.717, 1.165) is 88.4 Å². The standard InChI is InChI=1S/C55H37NO2/c1-55(2)47-21-8-5-18-41(47)46-32-37(27-30-48(46)55)39-16-6-9-22-49(39)56(50-23-12-20-44-45-29-25-34-13-3-4-17-40(34)53(45)58-54(44)50)38-15-11-14-35(31-38)36-26-28-43-42-19-7-10-24-51(42)57-52(43)33-36/h3-33H,1-2H3. The van der Waals surface area contributed by atoms with Crippen LogP contribution in [0.2, 0.25) is 0 Å². The lowest BCUT2D eigenvalue weighted by molar-refractivity contribution is 0.660. The van der Waals surface area contributed by atoms with Crippen molar-refractivity contribution in [2.45, 2.75) is 19.3 Å². The molecule has 0 amide bonds. The lowest BCUT2D eigenvalue weighted by Crippen LogP contribution is -2.14. The molecule has 9 aromatic carbocycles. The molecule has 274 valence electrons. The molecule has 0 radical (unpaired) electrons. The second-order valence-electron chi connectivity index (χ2n) is 16.1. The SMILES string of the molecule is CC1(C)c2ccccc2-c2cc(-c3ccccc3N(c3cccc(-c4ccc5c(c4)oc4ccccc45)c3)c3cccc4c3oc3c5ccccc5ccc43)ccc21. The molecule has 0 saturated heterocycles. The minimum absolute atomic E-state index is 0.0665. The fourth-order valence-electron chi connectivity index (χ4n) is 9.63. The van der Waals surface area contributed by atoms with Gasteiger partial charge in [0.1, 0.15) is 16.7 Å². The molecular weight excluding hydrogens is 707 g/mol. The van der Waals surface area contributed by atoms with Crippen LogP contribution in [-0.2, 0) is 5.41 Å². The van der Waals surface area contributed by atoms with Crippen molar-refractivity contribution in [1.29, 1.82) is 0 Å². The zero-order chi connectivity index (χ0) is 38.5. The van der Waals surface area contributed by atoms with Gasteiger partial charge in [-0.15, -0.1) is 0 Å². The van der Waals surface area contributed by atoms with E-state index in [1.165, 1.54) is 27.8 Å². The zero-order valence-electron chi connectivity index (χ0n) is 32.2. The van der Waals surface area contributed by atoms with E-state index in [9.17, 15) is 0 Å². The van der Waals surface area contributed by atoms with Gasteiger partial charge in [-0.1, -0.05) is 147 Å². The van der Waals surface area contributed by atoms with E-state index in [0.29, 0.717) is 0 Å². The third-order valence-electron chi connectivity index (χ3n) is 12.5. The summed E-state index contributed by atoms with van der Waals surface area (Å²) >= 11 is 0. The number of anilines is 3. The predicted octanol–water partition coefficient (Wildman–Crippen LogP) is 15.7. The Morgan fingerprint density at radius 2 is 1.03 bits per heavy atom. The molecule has 11 aromatic rings. The molecule has 3 heteroatoms. The molecule has 3 nitrogen and oxygen atoms in total. The molecule has 0 spiro atoms. The summed E-state index contributed by atoms with van der Waals surface area (Å²) in [5, 5.41) is 6.72. The molecule has 58 heavy (non-hydrogen) atoms. The summed E-state index contributed by atoms with van der Waals surface area (Å²) in [7, 11) is 0. The minimum Gasteiger partial charge on any atom is -0.456 e. The molecule has 1 aliphatic carbocycles. The average Bonchev–Trinajstić information content (AvgIpc) is 3.92. The number of para-hydroxylation sites is 3. The number of furan rings is 2. The lowest BCUT2D eigenvalue weighted by atomic mass is 9.82. The molecule has 0 N–H and O–H groups in total. The van der Waals surface area contributed by atoms with Crippen LogP contribution in [-0.4, -0.2) is 0 Å². The number of hydrogen-bond donors (Lipinski definition) is 0. The Labute approximate surface area is 336 Å². The van der Waals surface area contributed by atoms with Crippen LogP contribution in [0.4, 0.5) is 17.1 Å². The van der Waals surface area contributed by atoms with E-state index in [1.54, 1.807) is 0 Å². The lowest BCUT2D eigenvalue weighted by Gasteiger charge is -2.28. The Balaban J connectivity index is 1.09. The van der Waals surface area contributed by atoms with Crippen molar-refractivity contribution < 1.29 is 8.83 Å². The molecule has 12 rings (SSSR count). The first-order chi connectivity index (χ1) is 28.5. The van der Waals surface area contributed by atoms with Crippen molar-refractivity contribution in [2.75, 3.05) is 4.90 Å². The van der Waals surface area contributed by atoms with Gasteiger partial charge in [0.15, 0.2) is 5.58 Å². The van der Waals surface area contributed by atoms with Gasteiger partial charge in [-0.2, -0.15) is 0 Å². The Hall–Kier alpha value is -7.36. The van der Waals surface area contributed by atoms with Crippen molar-refractivity contribution in [3.8, 4) is 33.4 Å². The number of hydrogen-bond acceptors (Lipinski definition) is 3. The molecule has 0 saturated carbocycles. The molecule has 1 aliphatic rings. The quantitative estimate of drug-likeness (QED) is 0.176. The van der Waals surface area contributed by atoms with Crippen LogP contribution >= 0.6 is 0 Å². The number of rotatable bonds is 5. The van der Waals surface area contributed by atoms with Gasteiger partial charge in [0.2, 0.25) is 0 Å². The summed E-state index contributed by atoms with van der Waals surface area (Å²) in [4.78, 5) is 2.39. The summed E-state index contributed by atoms with van der Waals surface area (Å²) in [6.45, 7) is 4.67. The van der Waals surface area contributed by atoms with Gasteiger partial charge in [0.25, 0.3) is 0 Å². The molecule has 2 heterocycles. The first kappa shape index (κ1) is 32.8. The summed E-state index contributed by atoms with van der Waals surface area (Å²) < 4.78 is 13.4. The van der Waals surface area contributed by atoms with Crippen LogP contribution < -0.4 is 4.90 Å². The van der Waals surface area contributed by atoms with Crippen molar-refractivity contribution >= 4 is 71.7 Å². The van der Waals surface area contributed by atoms with Crippen LogP contribution in [0, 0.1) is 0 Å². The maximum Gasteiger partial charge on any atom is 0.159 e. The van der Waals surface area contributed by atoms with Gasteiger partial charge in [0.05, 0.1) is 11.4 Å². The predicted molar refractivity (Wildman–Crippen MR) is 242 cm³/mol. The highest BCUT2D eigenvalue weighted by Crippen LogP contribution is 2.51. The topological polar surface area (TPSA) is 29.5 Å². The maximum atomic E-state index is 7.03. The zero-order valence-corrected chi connectivity index (χ0v) is 32.2. The maximum absolute atomic E-state index is 7.03. The monoisotopic (exact) mass is 743 g/mol. The first-order valence-electron chi connectivity index (χ1n) is 20.0. The first-order valence-corrected chi connectivity index (χ1v) is 20.0. The van der Waals surface area contributed by atoms with Crippen LogP contribution in [0.1, 0.15) is 25.0 Å². The van der Waals surface area contributed by atoms with Gasteiger partial charge in [-0.3, -0.25) is 0 Å². The van der Waals surface area contributed by atoms with E-state index in [4.69, 9.17) is 8.83 Å². The molecule has 0 unspecified atom stereocenters. The summed E-state index contributed by atoms with van der Waals surface area (Å²) in [6, 6.07) is 67.7. The summed E-state index contributed by atoms with van der Waals surface area (Å²) in [6.07, 6.45) is 0. The third kappa shape index (κ3) is 4.80. The van der Waals surface area contributed by atoms with Crippen LogP contribution in [0.25, 0.3) is 88.0 Å². The van der Waals surface area contributed by atoms with Crippen molar-refractivity contribution in [3.63, 3.8) is 0 Å². The normalized spacial score (nSPS) is 13.1. The van der Waals surface area contributed by atoms with Crippen molar-refractivity contribution in [3.05, 3.63) is 199 Å². The number of benzene rings is 9. The Bertz CT molecular complexity index is 3450. The fourth-order valence-corrected chi connectivity index (χ4v) is 9.63. The summed E-state index contributed by atoms with van der Waals surface area (Å²) in [5.74, 6) is 0. The van der Waals surface area contributed by atoms with Gasteiger partial charge in [0, 0.05) is 43.6 Å². The molecule has 0 aliphatic heterocycles. The molecule has 2 aromatic heterocycles. The second kappa shape index (κ2) is 12.3. The van der Waals surface area contributed by atoms with Crippen LogP contribution in [0.15, 0.2) is 197 Å². The highest BCUT2D eigenvalue weighted by atomic mass is 16.3. The van der Waals surface area contributed by atoms with E-state index in [-0.39, 0.29) is 5.41 Å². The average molecular weight is 744 g/mol. The van der Waals surface area contributed by atoms with Crippen LogP contribution in [0.5, 0.6) is 0 Å². The van der Waals surface area contributed by atoms with Crippen molar-refractivity contribution in [2.24, 2.45) is 0 Å². The second-order valence-corrected chi connectivity index (χ2v) is 16.1. The molecule has 0 bridgehead atoms. The third-order valence-corrected chi connectivity index (χ3v) is 12.5. The number of fused-ring (bicyclic) bond motifs is 11. The summed E-state index contributed by atoms with van der Waals surface area (Å²) in [5.41, 5.74) is 16.4. The van der Waals surface area contributed by atoms with E-state index in [1.807, 2.05) is 12.1 Å². The number of nitrogens with zero attached hydrogens (tertiary/aromatic N) is 1. The van der Waals surface area contributed by atoms with E-state index < -0.39 is 0 Å². The Morgan fingerprint density at radius 3 is 1.97 bits per heavy atom. The molecular formula is C55H37NO2. The molecule has 0 fully saturated rings. The van der Waals surface area contributed by atoms with Gasteiger partial charge in [-0.25, -0.2) is 0 Å². The fraction of sp³-hybridized carbons (Fsp3) is 0.0545. The van der Waals surface area contributed by atoms with Crippen LogP contribution in [0.3, 0.4) is 0 Å². The van der Waals surface area contributed by atoms with Crippen molar-refractivity contribution in [1.82, 2.24) is 0 Å². The largest absolute Gasteiger partial charge is 0.456 e. The Kier molecular flexibility index (Phi) is 6.98. The van der Waals surface area contributed by atoms with Gasteiger partial charge < -0.3 is 13.7 Å².